The molecule has 4 heteroatoms. The van der Waals surface area contributed by atoms with E-state index >= 15 is 0 Å². The molecular weight excluding hydrogens is 168 g/mol. The van der Waals surface area contributed by atoms with Crippen LogP contribution in [0.15, 0.2) is 0 Å². The van der Waals surface area contributed by atoms with Gasteiger partial charge in [-0.05, 0) is 26.8 Å². The molecule has 0 aliphatic carbocycles. The lowest BCUT2D eigenvalue weighted by Crippen LogP contribution is -2.42. The maximum absolute atomic E-state index is 11.6. The van der Waals surface area contributed by atoms with Gasteiger partial charge in [-0.25, -0.2) is 0 Å². The van der Waals surface area contributed by atoms with Crippen LogP contribution in [0.1, 0.15) is 20.3 Å². The van der Waals surface area contributed by atoms with E-state index in [0.717, 1.165) is 19.5 Å². The summed E-state index contributed by atoms with van der Waals surface area (Å²) in [5, 5.41) is 14.9. The topological polar surface area (TPSA) is 61.4 Å². The molecule has 0 saturated carbocycles. The Kier molecular flexibility index (Phi) is 3.27. The predicted octanol–water partition coefficient (Wildman–Crippen LogP) is -0.517. The number of carbonyl (C=O) groups is 1. The van der Waals surface area contributed by atoms with Crippen molar-refractivity contribution in [3.8, 4) is 0 Å². The fraction of sp³-hybridized carbons (Fsp3) is 0.889. The molecule has 1 heterocycles. The van der Waals surface area contributed by atoms with Crippen molar-refractivity contribution in [1.82, 2.24) is 10.6 Å². The second kappa shape index (κ2) is 4.07. The van der Waals surface area contributed by atoms with E-state index < -0.39 is 6.10 Å². The fourth-order valence-corrected chi connectivity index (χ4v) is 1.46. The van der Waals surface area contributed by atoms with E-state index in [-0.39, 0.29) is 11.3 Å². The highest BCUT2D eigenvalue weighted by atomic mass is 16.3. The smallest absolute Gasteiger partial charge is 0.227 e. The van der Waals surface area contributed by atoms with E-state index in [2.05, 4.69) is 10.6 Å². The van der Waals surface area contributed by atoms with Crippen molar-refractivity contribution in [3.05, 3.63) is 0 Å². The average molecular weight is 186 g/mol. The number of hydrogen-bond donors (Lipinski definition) is 3. The summed E-state index contributed by atoms with van der Waals surface area (Å²) in [6, 6.07) is 0. The number of aliphatic hydroxyl groups is 1. The van der Waals surface area contributed by atoms with Crippen LogP contribution in [0, 0.1) is 5.41 Å². The van der Waals surface area contributed by atoms with Gasteiger partial charge >= 0.3 is 0 Å². The highest BCUT2D eigenvalue weighted by Crippen LogP contribution is 2.24. The lowest BCUT2D eigenvalue weighted by atomic mass is 9.89. The molecule has 1 aliphatic heterocycles. The Morgan fingerprint density at radius 3 is 2.92 bits per heavy atom. The number of nitrogens with one attached hydrogen (secondary N) is 2. The minimum atomic E-state index is -0.470. The SMILES string of the molecule is C[C@H](O)CNC(=O)C1(C)CCNC1. The molecule has 0 aromatic heterocycles. The van der Waals surface area contributed by atoms with E-state index in [0.29, 0.717) is 6.54 Å². The number of carbonyl (C=O) groups excluding carboxylic acids is 1. The van der Waals surface area contributed by atoms with Crippen LogP contribution in [0.2, 0.25) is 0 Å². The minimum Gasteiger partial charge on any atom is -0.392 e. The summed E-state index contributed by atoms with van der Waals surface area (Å²) < 4.78 is 0. The third-order valence-corrected chi connectivity index (χ3v) is 2.47. The summed E-state index contributed by atoms with van der Waals surface area (Å²) in [6.07, 6.45) is 0.403. The van der Waals surface area contributed by atoms with E-state index in [1.165, 1.54) is 0 Å². The van der Waals surface area contributed by atoms with E-state index in [1.807, 2.05) is 6.92 Å². The van der Waals surface area contributed by atoms with Crippen LogP contribution < -0.4 is 10.6 Å². The van der Waals surface area contributed by atoms with Crippen LogP contribution in [0.25, 0.3) is 0 Å². The number of rotatable bonds is 3. The molecule has 2 atom stereocenters. The summed E-state index contributed by atoms with van der Waals surface area (Å²) in [5.41, 5.74) is -0.283. The maximum Gasteiger partial charge on any atom is 0.227 e. The van der Waals surface area contributed by atoms with E-state index in [1.54, 1.807) is 6.92 Å². The quantitative estimate of drug-likeness (QED) is 0.556. The van der Waals surface area contributed by atoms with Crippen molar-refractivity contribution in [2.24, 2.45) is 5.41 Å². The van der Waals surface area contributed by atoms with Crippen molar-refractivity contribution >= 4 is 5.91 Å². The molecule has 0 aromatic rings. The zero-order chi connectivity index (χ0) is 9.90. The van der Waals surface area contributed by atoms with Gasteiger partial charge in [-0.2, -0.15) is 0 Å². The summed E-state index contributed by atoms with van der Waals surface area (Å²) in [4.78, 5) is 11.6. The number of amides is 1. The normalized spacial score (nSPS) is 30.1. The highest BCUT2D eigenvalue weighted by Gasteiger charge is 2.35. The van der Waals surface area contributed by atoms with Crippen LogP contribution in [0.3, 0.4) is 0 Å². The van der Waals surface area contributed by atoms with Gasteiger partial charge in [0.1, 0.15) is 0 Å². The molecule has 13 heavy (non-hydrogen) atoms. The molecule has 1 rings (SSSR count). The first-order chi connectivity index (χ1) is 6.04. The second-order valence-corrected chi connectivity index (χ2v) is 4.05. The molecular formula is C9H18N2O2. The van der Waals surface area contributed by atoms with Gasteiger partial charge in [-0.1, -0.05) is 0 Å². The zero-order valence-corrected chi connectivity index (χ0v) is 8.26. The molecule has 3 N–H and O–H groups in total. The molecule has 1 aliphatic rings. The Labute approximate surface area is 78.7 Å². The van der Waals surface area contributed by atoms with Crippen molar-refractivity contribution in [1.29, 1.82) is 0 Å². The van der Waals surface area contributed by atoms with E-state index in [4.69, 9.17) is 5.11 Å². The Morgan fingerprint density at radius 1 is 1.77 bits per heavy atom. The summed E-state index contributed by atoms with van der Waals surface area (Å²) in [5.74, 6) is 0.0402. The second-order valence-electron chi connectivity index (χ2n) is 4.05. The van der Waals surface area contributed by atoms with Gasteiger partial charge in [-0.3, -0.25) is 4.79 Å². The molecule has 0 spiro atoms. The summed E-state index contributed by atoms with van der Waals surface area (Å²) >= 11 is 0. The zero-order valence-electron chi connectivity index (χ0n) is 8.26. The van der Waals surface area contributed by atoms with Crippen LogP contribution in [-0.4, -0.2) is 36.8 Å². The first-order valence-corrected chi connectivity index (χ1v) is 4.72. The van der Waals surface area contributed by atoms with Crippen LogP contribution in [-0.2, 0) is 4.79 Å². The van der Waals surface area contributed by atoms with Gasteiger partial charge in [0.2, 0.25) is 5.91 Å². The Bertz CT molecular complexity index is 186. The highest BCUT2D eigenvalue weighted by molar-refractivity contribution is 5.82. The van der Waals surface area contributed by atoms with Crippen molar-refractivity contribution in [3.63, 3.8) is 0 Å². The van der Waals surface area contributed by atoms with Crippen LogP contribution >= 0.6 is 0 Å². The molecule has 4 nitrogen and oxygen atoms in total. The molecule has 0 radical (unpaired) electrons. The fourth-order valence-electron chi connectivity index (χ4n) is 1.46. The molecule has 1 fully saturated rings. The lowest BCUT2D eigenvalue weighted by Gasteiger charge is -2.21. The first-order valence-electron chi connectivity index (χ1n) is 4.72. The van der Waals surface area contributed by atoms with Crippen LogP contribution in [0.5, 0.6) is 0 Å². The Hall–Kier alpha value is -0.610. The minimum absolute atomic E-state index is 0.0402. The van der Waals surface area contributed by atoms with E-state index in [9.17, 15) is 4.79 Å². The van der Waals surface area contributed by atoms with Gasteiger partial charge in [0.25, 0.3) is 0 Å². The molecule has 1 unspecified atom stereocenters. The Morgan fingerprint density at radius 2 is 2.46 bits per heavy atom. The third kappa shape index (κ3) is 2.67. The van der Waals surface area contributed by atoms with Gasteiger partial charge < -0.3 is 15.7 Å². The van der Waals surface area contributed by atoms with Gasteiger partial charge in [0.05, 0.1) is 11.5 Å². The average Bonchev–Trinajstić information content (AvgIpc) is 2.49. The standard InChI is InChI=1S/C9H18N2O2/c1-7(12)5-11-8(13)9(2)3-4-10-6-9/h7,10,12H,3-6H2,1-2H3,(H,11,13)/t7-,9?/m0/s1. The predicted molar refractivity (Wildman–Crippen MR) is 50.3 cm³/mol. The van der Waals surface area contributed by atoms with Crippen molar-refractivity contribution in [2.45, 2.75) is 26.4 Å². The molecule has 0 aromatic carbocycles. The summed E-state index contributed by atoms with van der Waals surface area (Å²) in [7, 11) is 0. The van der Waals surface area contributed by atoms with Gasteiger partial charge in [0, 0.05) is 13.1 Å². The van der Waals surface area contributed by atoms with Gasteiger partial charge in [-0.15, -0.1) is 0 Å². The largest absolute Gasteiger partial charge is 0.392 e. The number of aliphatic hydroxyl groups excluding tert-OH is 1. The first kappa shape index (κ1) is 10.5. The monoisotopic (exact) mass is 186 g/mol. The van der Waals surface area contributed by atoms with Crippen molar-refractivity contribution in [2.75, 3.05) is 19.6 Å². The van der Waals surface area contributed by atoms with Gasteiger partial charge in [0.15, 0.2) is 0 Å². The van der Waals surface area contributed by atoms with Crippen LogP contribution in [0.4, 0.5) is 0 Å². The lowest BCUT2D eigenvalue weighted by molar-refractivity contribution is -0.129. The van der Waals surface area contributed by atoms with Crippen molar-refractivity contribution < 1.29 is 9.90 Å². The molecule has 1 amide bonds. The third-order valence-electron chi connectivity index (χ3n) is 2.47. The molecule has 1 saturated heterocycles. The Balaban J connectivity index is 2.38. The molecule has 0 bridgehead atoms. The maximum atomic E-state index is 11.6. The molecule has 76 valence electrons. The number of hydrogen-bond acceptors (Lipinski definition) is 3. The summed E-state index contributed by atoms with van der Waals surface area (Å²) in [6.45, 7) is 5.59.